The summed E-state index contributed by atoms with van der Waals surface area (Å²) in [7, 11) is -3.67. The van der Waals surface area contributed by atoms with Gasteiger partial charge in [-0.15, -0.1) is 0 Å². The Labute approximate surface area is 130 Å². The first-order chi connectivity index (χ1) is 10.0. The van der Waals surface area contributed by atoms with Gasteiger partial charge < -0.3 is 10.6 Å². The monoisotopic (exact) mass is 327 g/mol. The van der Waals surface area contributed by atoms with Gasteiger partial charge in [0.1, 0.15) is 10.6 Å². The van der Waals surface area contributed by atoms with Crippen LogP contribution in [0.3, 0.4) is 0 Å². The molecule has 0 bridgehead atoms. The predicted octanol–water partition coefficient (Wildman–Crippen LogP) is 1.56. The standard InChI is InChI=1S/C14H21N3O4S/c1-14(2)9-16(8-7-12(14)15)10-5-4-6-11(22(3,20)21)13(10)17(18)19/h4-6,12H,7-9,15H2,1-3H3. The van der Waals surface area contributed by atoms with Gasteiger partial charge in [0, 0.05) is 25.4 Å². The molecular weight excluding hydrogens is 306 g/mol. The predicted molar refractivity (Wildman–Crippen MR) is 84.8 cm³/mol. The van der Waals surface area contributed by atoms with Crippen molar-refractivity contribution in [3.8, 4) is 0 Å². The summed E-state index contributed by atoms with van der Waals surface area (Å²) in [5.41, 5.74) is 5.88. The molecule has 1 heterocycles. The van der Waals surface area contributed by atoms with Crippen molar-refractivity contribution in [2.45, 2.75) is 31.2 Å². The van der Waals surface area contributed by atoms with Gasteiger partial charge in [-0.05, 0) is 24.0 Å². The molecule has 2 rings (SSSR count). The highest BCUT2D eigenvalue weighted by molar-refractivity contribution is 7.90. The number of sulfone groups is 1. The molecule has 122 valence electrons. The van der Waals surface area contributed by atoms with E-state index in [4.69, 9.17) is 5.73 Å². The lowest BCUT2D eigenvalue weighted by atomic mass is 9.79. The Hall–Kier alpha value is -1.67. The topological polar surface area (TPSA) is 107 Å². The molecule has 1 aromatic carbocycles. The lowest BCUT2D eigenvalue weighted by Gasteiger charge is -2.43. The molecule has 0 amide bonds. The van der Waals surface area contributed by atoms with Crippen LogP contribution in [-0.4, -0.2) is 38.7 Å². The zero-order chi connectivity index (χ0) is 16.7. The van der Waals surface area contributed by atoms with Gasteiger partial charge in [-0.2, -0.15) is 0 Å². The molecule has 1 saturated heterocycles. The van der Waals surface area contributed by atoms with Crippen LogP contribution in [0.2, 0.25) is 0 Å². The maximum absolute atomic E-state index is 11.8. The van der Waals surface area contributed by atoms with Gasteiger partial charge in [0.25, 0.3) is 0 Å². The Morgan fingerprint density at radius 1 is 1.41 bits per heavy atom. The molecule has 0 spiro atoms. The SMILES string of the molecule is CC1(C)CN(c2cccc(S(C)(=O)=O)c2[N+](=O)[O-])CCC1N. The first kappa shape index (κ1) is 16.7. The number of piperidine rings is 1. The molecule has 1 unspecified atom stereocenters. The minimum absolute atomic E-state index is 0.0147. The molecule has 1 fully saturated rings. The summed E-state index contributed by atoms with van der Waals surface area (Å²) in [6.07, 6.45) is 1.68. The number of nitro benzene ring substituents is 1. The number of para-hydroxylation sites is 1. The van der Waals surface area contributed by atoms with E-state index in [9.17, 15) is 18.5 Å². The Bertz CT molecular complexity index is 700. The van der Waals surface area contributed by atoms with Crippen molar-refractivity contribution in [2.24, 2.45) is 11.1 Å². The van der Waals surface area contributed by atoms with E-state index in [-0.39, 0.29) is 22.0 Å². The van der Waals surface area contributed by atoms with Crippen LogP contribution in [0.25, 0.3) is 0 Å². The second-order valence-corrected chi connectivity index (χ2v) is 8.44. The van der Waals surface area contributed by atoms with Crippen molar-refractivity contribution >= 4 is 21.2 Å². The highest BCUT2D eigenvalue weighted by atomic mass is 32.2. The lowest BCUT2D eigenvalue weighted by molar-refractivity contribution is -0.387. The van der Waals surface area contributed by atoms with Gasteiger partial charge in [-0.3, -0.25) is 10.1 Å². The van der Waals surface area contributed by atoms with Crippen molar-refractivity contribution in [1.29, 1.82) is 0 Å². The molecule has 0 radical (unpaired) electrons. The lowest BCUT2D eigenvalue weighted by Crippen LogP contribution is -2.52. The van der Waals surface area contributed by atoms with Crippen LogP contribution in [0, 0.1) is 15.5 Å². The number of hydrogen-bond donors (Lipinski definition) is 1. The van der Waals surface area contributed by atoms with Crippen LogP contribution in [0.15, 0.2) is 23.1 Å². The molecule has 7 nitrogen and oxygen atoms in total. The minimum atomic E-state index is -3.67. The summed E-state index contributed by atoms with van der Waals surface area (Å²) in [6.45, 7) is 5.13. The average Bonchev–Trinajstić information content (AvgIpc) is 2.40. The van der Waals surface area contributed by atoms with E-state index in [0.29, 0.717) is 25.2 Å². The number of nitrogens with two attached hydrogens (primary N) is 1. The zero-order valence-corrected chi connectivity index (χ0v) is 13.8. The summed E-state index contributed by atoms with van der Waals surface area (Å²) in [6, 6.07) is 4.43. The van der Waals surface area contributed by atoms with Crippen LogP contribution >= 0.6 is 0 Å². The number of nitrogens with zero attached hydrogens (tertiary/aromatic N) is 2. The number of rotatable bonds is 3. The molecule has 1 aliphatic rings. The van der Waals surface area contributed by atoms with Crippen molar-refractivity contribution in [1.82, 2.24) is 0 Å². The van der Waals surface area contributed by atoms with Crippen LogP contribution in [0.4, 0.5) is 11.4 Å². The molecule has 0 aliphatic carbocycles. The quantitative estimate of drug-likeness (QED) is 0.667. The molecule has 1 atom stereocenters. The second-order valence-electron chi connectivity index (χ2n) is 6.46. The Morgan fingerprint density at radius 3 is 2.55 bits per heavy atom. The first-order valence-corrected chi connectivity index (χ1v) is 8.91. The fourth-order valence-corrected chi connectivity index (χ4v) is 3.68. The van der Waals surface area contributed by atoms with Gasteiger partial charge in [0.05, 0.1) is 4.92 Å². The van der Waals surface area contributed by atoms with Crippen LogP contribution in [0.5, 0.6) is 0 Å². The Kier molecular flexibility index (Phi) is 4.18. The normalized spacial score (nSPS) is 21.6. The third-order valence-corrected chi connectivity index (χ3v) is 5.34. The summed E-state index contributed by atoms with van der Waals surface area (Å²) in [5.74, 6) is 0. The van der Waals surface area contributed by atoms with E-state index >= 15 is 0 Å². The second kappa shape index (κ2) is 5.51. The summed E-state index contributed by atoms with van der Waals surface area (Å²) < 4.78 is 23.7. The third-order valence-electron chi connectivity index (χ3n) is 4.21. The Morgan fingerprint density at radius 2 is 2.05 bits per heavy atom. The van der Waals surface area contributed by atoms with E-state index in [1.807, 2.05) is 18.7 Å². The maximum Gasteiger partial charge on any atom is 0.311 e. The molecule has 0 saturated carbocycles. The summed E-state index contributed by atoms with van der Waals surface area (Å²) >= 11 is 0. The molecule has 8 heteroatoms. The van der Waals surface area contributed by atoms with E-state index in [2.05, 4.69) is 0 Å². The van der Waals surface area contributed by atoms with Crippen molar-refractivity contribution < 1.29 is 13.3 Å². The summed E-state index contributed by atoms with van der Waals surface area (Å²) in [5, 5.41) is 11.4. The number of nitro groups is 1. The van der Waals surface area contributed by atoms with Gasteiger partial charge in [0.2, 0.25) is 0 Å². The number of hydrogen-bond acceptors (Lipinski definition) is 6. The van der Waals surface area contributed by atoms with E-state index in [1.165, 1.54) is 6.07 Å². The zero-order valence-electron chi connectivity index (χ0n) is 12.9. The van der Waals surface area contributed by atoms with Crippen LogP contribution in [0.1, 0.15) is 20.3 Å². The smallest absolute Gasteiger partial charge is 0.311 e. The van der Waals surface area contributed by atoms with Gasteiger partial charge in [-0.1, -0.05) is 19.9 Å². The van der Waals surface area contributed by atoms with Crippen molar-refractivity contribution in [3.05, 3.63) is 28.3 Å². The van der Waals surface area contributed by atoms with Crippen LogP contribution in [-0.2, 0) is 9.84 Å². The molecule has 22 heavy (non-hydrogen) atoms. The van der Waals surface area contributed by atoms with E-state index < -0.39 is 14.8 Å². The van der Waals surface area contributed by atoms with Gasteiger partial charge >= 0.3 is 5.69 Å². The molecule has 1 aromatic rings. The highest BCUT2D eigenvalue weighted by Gasteiger charge is 2.37. The molecule has 1 aliphatic heterocycles. The largest absolute Gasteiger partial charge is 0.365 e. The van der Waals surface area contributed by atoms with E-state index in [1.54, 1.807) is 12.1 Å². The first-order valence-electron chi connectivity index (χ1n) is 7.02. The van der Waals surface area contributed by atoms with Gasteiger partial charge in [0.15, 0.2) is 9.84 Å². The minimum Gasteiger partial charge on any atom is -0.365 e. The third kappa shape index (κ3) is 3.07. The Balaban J connectivity index is 2.55. The number of benzene rings is 1. The average molecular weight is 327 g/mol. The maximum atomic E-state index is 11.8. The number of anilines is 1. The molecular formula is C14H21N3O4S. The summed E-state index contributed by atoms with van der Waals surface area (Å²) in [4.78, 5) is 12.4. The highest BCUT2D eigenvalue weighted by Crippen LogP contribution is 2.38. The van der Waals surface area contributed by atoms with Crippen molar-refractivity contribution in [3.63, 3.8) is 0 Å². The van der Waals surface area contributed by atoms with Crippen molar-refractivity contribution in [2.75, 3.05) is 24.2 Å². The molecule has 2 N–H and O–H groups in total. The van der Waals surface area contributed by atoms with E-state index in [0.717, 1.165) is 6.26 Å². The fraction of sp³-hybridized carbons (Fsp3) is 0.571. The van der Waals surface area contributed by atoms with Crippen LogP contribution < -0.4 is 10.6 Å². The molecule has 0 aromatic heterocycles. The van der Waals surface area contributed by atoms with Gasteiger partial charge in [-0.25, -0.2) is 8.42 Å². The fourth-order valence-electron chi connectivity index (χ4n) is 2.83.